The predicted molar refractivity (Wildman–Crippen MR) is 192 cm³/mol. The number of unbranched alkanes of at least 4 members (excludes halogenated alkanes) is 2. The number of thiophene rings is 1. The zero-order valence-corrected chi connectivity index (χ0v) is 28.2. The van der Waals surface area contributed by atoms with E-state index in [2.05, 4.69) is 118 Å². The minimum absolute atomic E-state index is 0.769. The van der Waals surface area contributed by atoms with E-state index in [1.165, 1.54) is 60.8 Å². The fourth-order valence-electron chi connectivity index (χ4n) is 5.55. The fourth-order valence-corrected chi connectivity index (χ4v) is 7.36. The number of aromatic nitrogens is 2. The van der Waals surface area contributed by atoms with Crippen LogP contribution in [-0.2, 0) is 6.42 Å². The Morgan fingerprint density at radius 1 is 0.844 bits per heavy atom. The highest BCUT2D eigenvalue weighted by atomic mass is 32.1. The predicted octanol–water partition coefficient (Wildman–Crippen LogP) is 11.1. The molecule has 3 heterocycles. The van der Waals surface area contributed by atoms with Crippen LogP contribution in [0.2, 0.25) is 0 Å². The van der Waals surface area contributed by atoms with Gasteiger partial charge in [-0.3, -0.25) is 0 Å². The van der Waals surface area contributed by atoms with Crippen LogP contribution in [0, 0.1) is 13.8 Å². The van der Waals surface area contributed by atoms with Crippen LogP contribution in [-0.4, -0.2) is 30.3 Å². The smallest absolute Gasteiger partial charge is 0.210 e. The van der Waals surface area contributed by atoms with Crippen LogP contribution in [0.25, 0.3) is 10.6 Å². The number of benzene rings is 3. The molecule has 0 spiro atoms. The molecule has 45 heavy (non-hydrogen) atoms. The quantitative estimate of drug-likeness (QED) is 0.109. The maximum Gasteiger partial charge on any atom is 0.210 e. The molecule has 6 rings (SSSR count). The molecule has 1 N–H and O–H groups in total. The van der Waals surface area contributed by atoms with E-state index in [-0.39, 0.29) is 0 Å². The fraction of sp³-hybridized carbons (Fsp3) is 0.333. The molecule has 0 saturated carbocycles. The van der Waals surface area contributed by atoms with Crippen LogP contribution in [0.5, 0.6) is 0 Å². The Kier molecular flexibility index (Phi) is 9.86. The van der Waals surface area contributed by atoms with E-state index in [9.17, 15) is 0 Å². The Bertz CT molecular complexity index is 1750. The van der Waals surface area contributed by atoms with Crippen molar-refractivity contribution in [2.45, 2.75) is 59.3 Å². The van der Waals surface area contributed by atoms with Gasteiger partial charge < -0.3 is 15.1 Å². The lowest BCUT2D eigenvalue weighted by atomic mass is 10.1. The van der Waals surface area contributed by atoms with E-state index in [0.29, 0.717) is 0 Å². The summed E-state index contributed by atoms with van der Waals surface area (Å²) >= 11 is 3.41. The molecule has 1 fully saturated rings. The third-order valence-electron chi connectivity index (χ3n) is 8.31. The summed E-state index contributed by atoms with van der Waals surface area (Å²) in [5, 5.41) is 25.7. The number of hydrogen-bond donors (Lipinski definition) is 1. The third kappa shape index (κ3) is 7.60. The van der Waals surface area contributed by atoms with E-state index in [0.717, 1.165) is 56.0 Å². The van der Waals surface area contributed by atoms with Crippen LogP contribution in [0.4, 0.5) is 37.9 Å². The van der Waals surface area contributed by atoms with Crippen LogP contribution in [0.1, 0.15) is 55.7 Å². The first-order chi connectivity index (χ1) is 22.0. The van der Waals surface area contributed by atoms with Gasteiger partial charge in [-0.2, -0.15) is 10.2 Å². The summed E-state index contributed by atoms with van der Waals surface area (Å²) in [6, 6.07) is 25.6. The first-order valence-corrected chi connectivity index (χ1v) is 17.5. The molecular formula is C36H41N7S2. The summed E-state index contributed by atoms with van der Waals surface area (Å²) in [7, 11) is 2.13. The Balaban J connectivity index is 1.07. The number of aryl methyl sites for hydroxylation is 3. The number of nitrogens with one attached hydrogen (secondary N) is 1. The molecule has 9 heteroatoms. The number of rotatable bonds is 12. The van der Waals surface area contributed by atoms with Gasteiger partial charge in [0.25, 0.3) is 0 Å². The standard InChI is InChI=1S/C36H41N7S2/c1-5-6-7-10-27-11-13-28(14-12-27)35-40-41-36(45-35)37-31-17-15-29(23-25(31)2)38-39-32-18-16-30(24-26(32)3)42(4)33-19-20-34(44-33)43-21-8-9-22-43/h11-20,23-24H,5-10,21-22H2,1-4H3,(H,37,41). The van der Waals surface area contributed by atoms with Crippen molar-refractivity contribution in [3.63, 3.8) is 0 Å². The van der Waals surface area contributed by atoms with Gasteiger partial charge in [-0.1, -0.05) is 55.4 Å². The molecule has 5 aromatic rings. The highest BCUT2D eigenvalue weighted by Gasteiger charge is 2.16. The first-order valence-electron chi connectivity index (χ1n) is 15.9. The van der Waals surface area contributed by atoms with Crippen molar-refractivity contribution in [2.24, 2.45) is 10.2 Å². The molecule has 3 aromatic carbocycles. The second-order valence-corrected chi connectivity index (χ2v) is 13.7. The summed E-state index contributed by atoms with van der Waals surface area (Å²) in [6.07, 6.45) is 7.47. The van der Waals surface area contributed by atoms with E-state index >= 15 is 0 Å². The normalized spacial score (nSPS) is 13.2. The van der Waals surface area contributed by atoms with Gasteiger partial charge in [-0.05, 0) is 105 Å². The molecule has 232 valence electrons. The summed E-state index contributed by atoms with van der Waals surface area (Å²) in [6.45, 7) is 8.73. The molecule has 0 amide bonds. The number of nitrogens with zero attached hydrogens (tertiary/aromatic N) is 6. The molecule has 0 aliphatic carbocycles. The minimum atomic E-state index is 0.769. The zero-order valence-electron chi connectivity index (χ0n) is 26.6. The van der Waals surface area contributed by atoms with E-state index < -0.39 is 0 Å². The van der Waals surface area contributed by atoms with E-state index in [1.807, 2.05) is 29.5 Å². The summed E-state index contributed by atoms with van der Waals surface area (Å²) in [4.78, 5) is 4.74. The van der Waals surface area contributed by atoms with E-state index in [1.54, 1.807) is 11.3 Å². The van der Waals surface area contributed by atoms with E-state index in [4.69, 9.17) is 0 Å². The van der Waals surface area contributed by atoms with Gasteiger partial charge in [0.15, 0.2) is 0 Å². The molecular weight excluding hydrogens is 595 g/mol. The van der Waals surface area contributed by atoms with Gasteiger partial charge in [-0.15, -0.1) is 21.5 Å². The zero-order chi connectivity index (χ0) is 31.2. The van der Waals surface area contributed by atoms with Crippen molar-refractivity contribution < 1.29 is 0 Å². The highest BCUT2D eigenvalue weighted by molar-refractivity contribution is 7.20. The molecule has 0 atom stereocenters. The Labute approximate surface area is 274 Å². The largest absolute Gasteiger partial charge is 0.363 e. The van der Waals surface area contributed by atoms with Gasteiger partial charge in [0, 0.05) is 37.1 Å². The van der Waals surface area contributed by atoms with Crippen LogP contribution < -0.4 is 15.1 Å². The molecule has 2 aromatic heterocycles. The van der Waals surface area contributed by atoms with Gasteiger partial charge in [0.2, 0.25) is 5.13 Å². The topological polar surface area (TPSA) is 69.0 Å². The van der Waals surface area contributed by atoms with Crippen molar-refractivity contribution in [1.82, 2.24) is 10.2 Å². The summed E-state index contributed by atoms with van der Waals surface area (Å²) in [5.74, 6) is 0. The van der Waals surface area contributed by atoms with Crippen molar-refractivity contribution in [3.8, 4) is 10.6 Å². The Morgan fingerprint density at radius 3 is 2.42 bits per heavy atom. The van der Waals surface area contributed by atoms with Gasteiger partial charge in [-0.25, -0.2) is 0 Å². The average molecular weight is 636 g/mol. The molecule has 1 aliphatic heterocycles. The number of azo groups is 1. The van der Waals surface area contributed by atoms with Gasteiger partial charge >= 0.3 is 0 Å². The maximum absolute atomic E-state index is 4.59. The SMILES string of the molecule is CCCCCc1ccc(-c2nnc(Nc3ccc(N=Nc4ccc(N(C)c5ccc(N6CCCC6)s5)cc4C)cc3C)s2)cc1. The second-order valence-electron chi connectivity index (χ2n) is 11.7. The number of hydrogen-bond acceptors (Lipinski definition) is 9. The van der Waals surface area contributed by atoms with Crippen LogP contribution >= 0.6 is 22.7 Å². The summed E-state index contributed by atoms with van der Waals surface area (Å²) < 4.78 is 0. The van der Waals surface area contributed by atoms with Crippen LogP contribution in [0.3, 0.4) is 0 Å². The molecule has 7 nitrogen and oxygen atoms in total. The molecule has 1 aliphatic rings. The van der Waals surface area contributed by atoms with Crippen molar-refractivity contribution in [1.29, 1.82) is 0 Å². The molecule has 1 saturated heterocycles. The first kappa shape index (κ1) is 30.9. The van der Waals surface area contributed by atoms with Crippen LogP contribution in [0.15, 0.2) is 83.0 Å². The lowest BCUT2D eigenvalue weighted by molar-refractivity contribution is 0.717. The lowest BCUT2D eigenvalue weighted by Gasteiger charge is -2.19. The minimum Gasteiger partial charge on any atom is -0.363 e. The Morgan fingerprint density at radius 2 is 1.67 bits per heavy atom. The van der Waals surface area contributed by atoms with Crippen molar-refractivity contribution in [3.05, 3.63) is 89.5 Å². The molecule has 0 radical (unpaired) electrons. The summed E-state index contributed by atoms with van der Waals surface area (Å²) in [5.41, 5.74) is 8.43. The van der Waals surface area contributed by atoms with Crippen molar-refractivity contribution >= 4 is 60.6 Å². The van der Waals surface area contributed by atoms with Crippen molar-refractivity contribution in [2.75, 3.05) is 35.3 Å². The number of anilines is 5. The molecule has 0 unspecified atom stereocenters. The van der Waals surface area contributed by atoms with Gasteiger partial charge in [0.1, 0.15) is 5.01 Å². The lowest BCUT2D eigenvalue weighted by Crippen LogP contribution is -2.15. The average Bonchev–Trinajstić information content (AvgIpc) is 3.85. The maximum atomic E-state index is 4.59. The van der Waals surface area contributed by atoms with Gasteiger partial charge in [0.05, 0.1) is 21.4 Å². The second kappa shape index (κ2) is 14.3. The monoisotopic (exact) mass is 635 g/mol. The highest BCUT2D eigenvalue weighted by Crippen LogP contribution is 2.38. The molecule has 0 bridgehead atoms. The Hall–Kier alpha value is -4.08. The third-order valence-corrected chi connectivity index (χ3v) is 10.4.